The van der Waals surface area contributed by atoms with Gasteiger partial charge in [0.25, 0.3) is 0 Å². The molecule has 0 aliphatic rings. The van der Waals surface area contributed by atoms with Crippen molar-refractivity contribution in [3.05, 3.63) is 0 Å². The first-order valence-corrected chi connectivity index (χ1v) is 6.42. The summed E-state index contributed by atoms with van der Waals surface area (Å²) in [6, 6.07) is 0. The molecule has 0 radical (unpaired) electrons. The van der Waals surface area contributed by atoms with Gasteiger partial charge in [-0.25, -0.2) is 0 Å². The first kappa shape index (κ1) is 12.2. The van der Waals surface area contributed by atoms with Crippen LogP contribution in [0, 0.1) is 0 Å². The number of rotatable bonds is 5. The van der Waals surface area contributed by atoms with Gasteiger partial charge >= 0.3 is 0 Å². The Hall–Kier alpha value is 0.150. The molecule has 2 unspecified atom stereocenters. The van der Waals surface area contributed by atoms with Crippen molar-refractivity contribution >= 4 is 7.14 Å². The molecule has 4 heteroatoms. The van der Waals surface area contributed by atoms with Crippen LogP contribution >= 0.6 is 7.14 Å². The van der Waals surface area contributed by atoms with Crippen LogP contribution < -0.4 is 0 Å². The molecule has 0 aliphatic carbocycles. The Bertz CT molecular complexity index is 154. The van der Waals surface area contributed by atoms with Gasteiger partial charge in [-0.1, -0.05) is 13.3 Å². The smallest absolute Gasteiger partial charge is 0.141 e. The fourth-order valence-corrected chi connectivity index (χ4v) is 3.27. The van der Waals surface area contributed by atoms with Crippen LogP contribution in [0.4, 0.5) is 0 Å². The Balaban J connectivity index is 4.31. The lowest BCUT2D eigenvalue weighted by atomic mass is 10.4. The molecule has 0 saturated heterocycles. The normalized spacial score (nSPS) is 21.4. The maximum Gasteiger partial charge on any atom is 0.141 e. The quantitative estimate of drug-likeness (QED) is 0.656. The van der Waals surface area contributed by atoms with Gasteiger partial charge in [0.15, 0.2) is 0 Å². The van der Waals surface area contributed by atoms with Gasteiger partial charge in [-0.15, -0.1) is 0 Å². The predicted molar refractivity (Wildman–Crippen MR) is 50.7 cm³/mol. The third-order valence-electron chi connectivity index (χ3n) is 2.13. The van der Waals surface area contributed by atoms with Crippen LogP contribution in [0.5, 0.6) is 0 Å². The first-order valence-electron chi connectivity index (χ1n) is 4.39. The molecule has 2 N–H and O–H groups in total. The maximum absolute atomic E-state index is 11.9. The van der Waals surface area contributed by atoms with E-state index < -0.39 is 18.8 Å². The second kappa shape index (κ2) is 5.00. The van der Waals surface area contributed by atoms with E-state index in [4.69, 9.17) is 0 Å². The summed E-state index contributed by atoms with van der Waals surface area (Å²) in [6.07, 6.45) is 2.18. The standard InChI is InChI=1S/C8H19O3P/c1-4-5-6-12(11,7(2)9)8(3)10/h7-10H,4-6H2,1-3H3. The first-order chi connectivity index (χ1) is 5.45. The van der Waals surface area contributed by atoms with Crippen molar-refractivity contribution in [2.75, 3.05) is 6.16 Å². The third kappa shape index (κ3) is 2.89. The predicted octanol–water partition coefficient (Wildman–Crippen LogP) is 1.83. The number of aliphatic hydroxyl groups excluding tert-OH is 2. The van der Waals surface area contributed by atoms with Crippen molar-refractivity contribution in [3.63, 3.8) is 0 Å². The Morgan fingerprint density at radius 2 is 1.67 bits per heavy atom. The molecule has 74 valence electrons. The van der Waals surface area contributed by atoms with Gasteiger partial charge in [-0.3, -0.25) is 0 Å². The minimum absolute atomic E-state index is 0.443. The maximum atomic E-state index is 11.9. The second-order valence-corrected chi connectivity index (χ2v) is 6.85. The van der Waals surface area contributed by atoms with Crippen molar-refractivity contribution in [1.29, 1.82) is 0 Å². The number of aliphatic hydroxyl groups is 2. The molecule has 0 rings (SSSR count). The molecule has 0 aromatic heterocycles. The van der Waals surface area contributed by atoms with Crippen molar-refractivity contribution in [2.45, 2.75) is 45.3 Å². The molecule has 12 heavy (non-hydrogen) atoms. The molecule has 0 fully saturated rings. The van der Waals surface area contributed by atoms with Crippen LogP contribution in [0.3, 0.4) is 0 Å². The molecular weight excluding hydrogens is 175 g/mol. The van der Waals surface area contributed by atoms with Crippen LogP contribution in [0.1, 0.15) is 33.6 Å². The lowest BCUT2D eigenvalue weighted by molar-refractivity contribution is 0.227. The lowest BCUT2D eigenvalue weighted by Crippen LogP contribution is -2.15. The van der Waals surface area contributed by atoms with E-state index in [1.54, 1.807) is 0 Å². The van der Waals surface area contributed by atoms with Crippen molar-refractivity contribution in [3.8, 4) is 0 Å². The highest BCUT2D eigenvalue weighted by Crippen LogP contribution is 2.53. The summed E-state index contributed by atoms with van der Waals surface area (Å²) < 4.78 is 11.9. The van der Waals surface area contributed by atoms with Crippen LogP contribution in [-0.2, 0) is 4.57 Å². The average molecular weight is 194 g/mol. The minimum Gasteiger partial charge on any atom is -0.386 e. The van der Waals surface area contributed by atoms with E-state index in [9.17, 15) is 14.8 Å². The molecule has 0 bridgehead atoms. The number of hydrogen-bond acceptors (Lipinski definition) is 3. The van der Waals surface area contributed by atoms with E-state index in [0.717, 1.165) is 12.8 Å². The molecule has 0 aromatic rings. The van der Waals surface area contributed by atoms with E-state index >= 15 is 0 Å². The summed E-state index contributed by atoms with van der Waals surface area (Å²) in [5.74, 6) is -1.77. The lowest BCUT2D eigenvalue weighted by Gasteiger charge is -2.23. The molecule has 0 amide bonds. The van der Waals surface area contributed by atoms with E-state index in [1.165, 1.54) is 13.8 Å². The highest BCUT2D eigenvalue weighted by Gasteiger charge is 2.32. The van der Waals surface area contributed by atoms with Gasteiger partial charge in [-0.2, -0.15) is 0 Å². The number of unbranched alkanes of at least 4 members (excludes halogenated alkanes) is 1. The van der Waals surface area contributed by atoms with Crippen molar-refractivity contribution in [1.82, 2.24) is 0 Å². The summed E-state index contributed by atoms with van der Waals surface area (Å²) in [7, 11) is -2.77. The summed E-state index contributed by atoms with van der Waals surface area (Å²) in [4.78, 5) is 0. The average Bonchev–Trinajstić information content (AvgIpc) is 1.99. The Labute approximate surface area is 74.2 Å². The molecule has 0 aliphatic heterocycles. The van der Waals surface area contributed by atoms with Gasteiger partial charge < -0.3 is 14.8 Å². The monoisotopic (exact) mass is 194 g/mol. The molecule has 0 heterocycles. The molecule has 3 nitrogen and oxygen atoms in total. The van der Waals surface area contributed by atoms with E-state index in [1.807, 2.05) is 6.92 Å². The summed E-state index contributed by atoms with van der Waals surface area (Å²) in [5.41, 5.74) is 0. The summed E-state index contributed by atoms with van der Waals surface area (Å²) in [5, 5.41) is 18.5. The molecule has 2 atom stereocenters. The zero-order valence-corrected chi connectivity index (χ0v) is 8.92. The third-order valence-corrected chi connectivity index (χ3v) is 5.67. The molecular formula is C8H19O3P. The van der Waals surface area contributed by atoms with E-state index in [0.29, 0.717) is 6.16 Å². The molecule has 0 spiro atoms. The van der Waals surface area contributed by atoms with E-state index in [-0.39, 0.29) is 0 Å². The Kier molecular flexibility index (Phi) is 5.07. The van der Waals surface area contributed by atoms with Crippen molar-refractivity contribution < 1.29 is 14.8 Å². The minimum atomic E-state index is -2.77. The van der Waals surface area contributed by atoms with Gasteiger partial charge in [0.2, 0.25) is 0 Å². The highest BCUT2D eigenvalue weighted by molar-refractivity contribution is 7.64. The van der Waals surface area contributed by atoms with E-state index in [2.05, 4.69) is 0 Å². The summed E-state index contributed by atoms with van der Waals surface area (Å²) in [6.45, 7) is 4.97. The molecule has 0 aromatic carbocycles. The van der Waals surface area contributed by atoms with Crippen molar-refractivity contribution in [2.24, 2.45) is 0 Å². The highest BCUT2D eigenvalue weighted by atomic mass is 31.2. The zero-order valence-electron chi connectivity index (χ0n) is 8.03. The van der Waals surface area contributed by atoms with Gasteiger partial charge in [-0.05, 0) is 20.3 Å². The van der Waals surface area contributed by atoms with Crippen LogP contribution in [0.2, 0.25) is 0 Å². The zero-order chi connectivity index (χ0) is 9.78. The van der Waals surface area contributed by atoms with Crippen LogP contribution in [0.25, 0.3) is 0 Å². The fraction of sp³-hybridized carbons (Fsp3) is 1.00. The largest absolute Gasteiger partial charge is 0.386 e. The summed E-state index contributed by atoms with van der Waals surface area (Å²) >= 11 is 0. The Morgan fingerprint density at radius 1 is 1.25 bits per heavy atom. The van der Waals surface area contributed by atoms with Gasteiger partial charge in [0, 0.05) is 6.16 Å². The van der Waals surface area contributed by atoms with Gasteiger partial charge in [0.1, 0.15) is 18.8 Å². The topological polar surface area (TPSA) is 57.5 Å². The number of hydrogen-bond donors (Lipinski definition) is 2. The van der Waals surface area contributed by atoms with Crippen LogP contribution in [-0.4, -0.2) is 28.1 Å². The second-order valence-electron chi connectivity index (χ2n) is 3.20. The van der Waals surface area contributed by atoms with Crippen LogP contribution in [0.15, 0.2) is 0 Å². The SMILES string of the molecule is CCCCP(=O)(C(C)O)C(C)O. The molecule has 0 saturated carbocycles. The Morgan fingerprint density at radius 3 is 1.92 bits per heavy atom. The fourth-order valence-electron chi connectivity index (χ4n) is 1.09. The van der Waals surface area contributed by atoms with Gasteiger partial charge in [0.05, 0.1) is 0 Å².